The minimum Gasteiger partial charge on any atom is -0.466 e. The van der Waals surface area contributed by atoms with E-state index in [0.29, 0.717) is 12.3 Å². The number of hydrogen-bond acceptors (Lipinski definition) is 3. The van der Waals surface area contributed by atoms with Crippen LogP contribution in [0.15, 0.2) is 22.8 Å². The maximum atomic E-state index is 11.6. The smallest absolute Gasteiger partial charge is 0.314 e. The van der Waals surface area contributed by atoms with E-state index >= 15 is 0 Å². The average Bonchev–Trinajstić information content (AvgIpc) is 2.85. The van der Waals surface area contributed by atoms with Crippen LogP contribution in [0.1, 0.15) is 46.3 Å². The second-order valence-corrected chi connectivity index (χ2v) is 6.52. The standard InChI is InChI=1S/C15H26N2O3/c1-14(2,3)8-6-9-16-13(18)17-11-15(4,19)12-7-5-10-20-12/h5,7,10,19H,6,8-9,11H2,1-4H3,(H2,16,17,18). The van der Waals surface area contributed by atoms with Crippen LogP contribution in [0.25, 0.3) is 0 Å². The zero-order valence-electron chi connectivity index (χ0n) is 12.8. The van der Waals surface area contributed by atoms with Gasteiger partial charge in [0.1, 0.15) is 11.4 Å². The minimum atomic E-state index is -1.20. The van der Waals surface area contributed by atoms with Crippen molar-refractivity contribution in [2.45, 2.75) is 46.1 Å². The fraction of sp³-hybridized carbons (Fsp3) is 0.667. The first-order valence-corrected chi connectivity index (χ1v) is 6.99. The van der Waals surface area contributed by atoms with Crippen molar-refractivity contribution < 1.29 is 14.3 Å². The van der Waals surface area contributed by atoms with E-state index in [1.54, 1.807) is 19.1 Å². The minimum absolute atomic E-state index is 0.103. The van der Waals surface area contributed by atoms with Crippen molar-refractivity contribution >= 4 is 6.03 Å². The number of aliphatic hydroxyl groups is 1. The Balaban J connectivity index is 2.23. The van der Waals surface area contributed by atoms with E-state index in [1.807, 2.05) is 0 Å². The Kier molecular flexibility index (Phi) is 5.62. The number of nitrogens with one attached hydrogen (secondary N) is 2. The predicted molar refractivity (Wildman–Crippen MR) is 78.4 cm³/mol. The Morgan fingerprint density at radius 1 is 1.30 bits per heavy atom. The molecule has 1 rings (SSSR count). The lowest BCUT2D eigenvalue weighted by molar-refractivity contribution is 0.0367. The van der Waals surface area contributed by atoms with Gasteiger partial charge in [0.25, 0.3) is 0 Å². The van der Waals surface area contributed by atoms with Crippen LogP contribution in [0, 0.1) is 5.41 Å². The highest BCUT2D eigenvalue weighted by Crippen LogP contribution is 2.20. The summed E-state index contributed by atoms with van der Waals surface area (Å²) in [5.74, 6) is 0.436. The molecular formula is C15H26N2O3. The zero-order chi connectivity index (χ0) is 15.2. The van der Waals surface area contributed by atoms with Crippen molar-refractivity contribution in [3.63, 3.8) is 0 Å². The maximum absolute atomic E-state index is 11.6. The summed E-state index contributed by atoms with van der Waals surface area (Å²) in [5, 5.41) is 15.6. The van der Waals surface area contributed by atoms with Crippen LogP contribution < -0.4 is 10.6 Å². The van der Waals surface area contributed by atoms with E-state index in [2.05, 4.69) is 31.4 Å². The number of hydrogen-bond donors (Lipinski definition) is 3. The molecule has 20 heavy (non-hydrogen) atoms. The van der Waals surface area contributed by atoms with E-state index in [1.165, 1.54) is 6.26 Å². The van der Waals surface area contributed by atoms with Crippen molar-refractivity contribution in [3.8, 4) is 0 Å². The van der Waals surface area contributed by atoms with Gasteiger partial charge in [-0.25, -0.2) is 4.79 Å². The summed E-state index contributed by atoms with van der Waals surface area (Å²) < 4.78 is 5.14. The third-order valence-corrected chi connectivity index (χ3v) is 3.03. The van der Waals surface area contributed by atoms with Crippen LogP contribution in [0.5, 0.6) is 0 Å². The summed E-state index contributed by atoms with van der Waals surface area (Å²) in [7, 11) is 0. The van der Waals surface area contributed by atoms with E-state index in [9.17, 15) is 9.90 Å². The largest absolute Gasteiger partial charge is 0.466 e. The molecule has 0 fully saturated rings. The van der Waals surface area contributed by atoms with E-state index in [0.717, 1.165) is 12.8 Å². The molecule has 5 heteroatoms. The topological polar surface area (TPSA) is 74.5 Å². The average molecular weight is 282 g/mol. The third-order valence-electron chi connectivity index (χ3n) is 3.03. The lowest BCUT2D eigenvalue weighted by Crippen LogP contribution is -2.43. The molecule has 1 unspecified atom stereocenters. The quantitative estimate of drug-likeness (QED) is 0.702. The summed E-state index contributed by atoms with van der Waals surface area (Å²) >= 11 is 0. The third kappa shape index (κ3) is 6.10. The zero-order valence-corrected chi connectivity index (χ0v) is 12.8. The van der Waals surface area contributed by atoms with E-state index < -0.39 is 5.60 Å². The Bertz CT molecular complexity index is 405. The molecule has 5 nitrogen and oxygen atoms in total. The Hall–Kier alpha value is -1.49. The molecule has 114 valence electrons. The molecule has 0 aliphatic carbocycles. The molecule has 0 saturated heterocycles. The van der Waals surface area contributed by atoms with Gasteiger partial charge in [-0.1, -0.05) is 20.8 Å². The molecule has 0 aromatic carbocycles. The van der Waals surface area contributed by atoms with Gasteiger partial charge in [-0.2, -0.15) is 0 Å². The van der Waals surface area contributed by atoms with Crippen LogP contribution in [0.3, 0.4) is 0 Å². The number of amides is 2. The summed E-state index contributed by atoms with van der Waals surface area (Å²) in [4.78, 5) is 11.6. The summed E-state index contributed by atoms with van der Waals surface area (Å²) in [6.45, 7) is 8.86. The molecule has 0 bridgehead atoms. The van der Waals surface area contributed by atoms with Crippen LogP contribution in [0.2, 0.25) is 0 Å². The van der Waals surface area contributed by atoms with Gasteiger partial charge in [0.2, 0.25) is 0 Å². The van der Waals surface area contributed by atoms with Crippen LogP contribution in [-0.2, 0) is 5.60 Å². The fourth-order valence-corrected chi connectivity index (χ4v) is 1.81. The van der Waals surface area contributed by atoms with Crippen molar-refractivity contribution in [2.75, 3.05) is 13.1 Å². The normalized spacial score (nSPS) is 14.7. The van der Waals surface area contributed by atoms with E-state index in [-0.39, 0.29) is 18.0 Å². The highest BCUT2D eigenvalue weighted by molar-refractivity contribution is 5.73. The highest BCUT2D eigenvalue weighted by Gasteiger charge is 2.26. The van der Waals surface area contributed by atoms with Crippen LogP contribution >= 0.6 is 0 Å². The highest BCUT2D eigenvalue weighted by atomic mass is 16.4. The molecule has 1 atom stereocenters. The monoisotopic (exact) mass is 282 g/mol. The molecule has 0 radical (unpaired) electrons. The molecule has 0 aliphatic rings. The fourth-order valence-electron chi connectivity index (χ4n) is 1.81. The number of rotatable bonds is 6. The van der Waals surface area contributed by atoms with Crippen molar-refractivity contribution in [2.24, 2.45) is 5.41 Å². The van der Waals surface area contributed by atoms with Gasteiger partial charge < -0.3 is 20.2 Å². The first kappa shape index (κ1) is 16.6. The number of carbonyl (C=O) groups excluding carboxylic acids is 1. The van der Waals surface area contributed by atoms with Gasteiger partial charge in [-0.05, 0) is 37.3 Å². The summed E-state index contributed by atoms with van der Waals surface area (Å²) in [6.07, 6.45) is 3.49. The Morgan fingerprint density at radius 3 is 2.55 bits per heavy atom. The van der Waals surface area contributed by atoms with Gasteiger partial charge in [-0.15, -0.1) is 0 Å². The SMILES string of the molecule is CC(C)(C)CCCNC(=O)NCC(C)(O)c1ccco1. The summed E-state index contributed by atoms with van der Waals surface area (Å²) in [5.41, 5.74) is -0.923. The Labute approximate surface area is 120 Å². The predicted octanol–water partition coefficient (Wildman–Crippen LogP) is 2.61. The molecule has 3 N–H and O–H groups in total. The number of urea groups is 1. The molecule has 0 spiro atoms. The second-order valence-electron chi connectivity index (χ2n) is 6.52. The molecule has 0 saturated carbocycles. The molecule has 1 aromatic heterocycles. The molecule has 1 aromatic rings. The number of carbonyl (C=O) groups is 1. The van der Waals surface area contributed by atoms with Gasteiger partial charge in [0, 0.05) is 6.54 Å². The van der Waals surface area contributed by atoms with E-state index in [4.69, 9.17) is 4.42 Å². The Morgan fingerprint density at radius 2 is 2.00 bits per heavy atom. The first-order chi connectivity index (χ1) is 9.21. The lowest BCUT2D eigenvalue weighted by atomic mass is 9.91. The second kappa shape index (κ2) is 6.79. The molecule has 2 amide bonds. The maximum Gasteiger partial charge on any atom is 0.314 e. The van der Waals surface area contributed by atoms with Gasteiger partial charge in [-0.3, -0.25) is 0 Å². The van der Waals surface area contributed by atoms with Gasteiger partial charge in [0.05, 0.1) is 12.8 Å². The van der Waals surface area contributed by atoms with Crippen molar-refractivity contribution in [1.82, 2.24) is 10.6 Å². The van der Waals surface area contributed by atoms with Gasteiger partial charge in [0.15, 0.2) is 0 Å². The summed E-state index contributed by atoms with van der Waals surface area (Å²) in [6, 6.07) is 3.12. The van der Waals surface area contributed by atoms with Crippen molar-refractivity contribution in [3.05, 3.63) is 24.2 Å². The lowest BCUT2D eigenvalue weighted by Gasteiger charge is -2.21. The van der Waals surface area contributed by atoms with Crippen molar-refractivity contribution in [1.29, 1.82) is 0 Å². The van der Waals surface area contributed by atoms with Crippen LogP contribution in [-0.4, -0.2) is 24.2 Å². The van der Waals surface area contributed by atoms with Crippen LogP contribution in [0.4, 0.5) is 4.79 Å². The molecule has 0 aliphatic heterocycles. The first-order valence-electron chi connectivity index (χ1n) is 6.99. The van der Waals surface area contributed by atoms with Gasteiger partial charge >= 0.3 is 6.03 Å². The molecular weight excluding hydrogens is 256 g/mol. The molecule has 1 heterocycles. The number of furan rings is 1.